The molecule has 142 valence electrons. The van der Waals surface area contributed by atoms with Crippen molar-refractivity contribution in [3.8, 4) is 16.5 Å². The first-order chi connectivity index (χ1) is 13.7. The van der Waals surface area contributed by atoms with Crippen LogP contribution >= 0.6 is 11.3 Å². The number of carbonyl (C=O) groups excluding carboxylic acids is 1. The number of thiophene rings is 1. The van der Waals surface area contributed by atoms with E-state index in [1.54, 1.807) is 11.3 Å². The Kier molecular flexibility index (Phi) is 5.39. The maximum atomic E-state index is 12.2. The highest BCUT2D eigenvalue weighted by Crippen LogP contribution is 2.26. The van der Waals surface area contributed by atoms with Gasteiger partial charge < -0.3 is 14.5 Å². The molecule has 6 heteroatoms. The van der Waals surface area contributed by atoms with E-state index in [-0.39, 0.29) is 12.3 Å². The van der Waals surface area contributed by atoms with Crippen LogP contribution in [0.5, 0.6) is 5.75 Å². The van der Waals surface area contributed by atoms with Crippen LogP contribution in [-0.2, 0) is 11.2 Å². The number of hydrogen-bond donors (Lipinski definition) is 1. The predicted octanol–water partition coefficient (Wildman–Crippen LogP) is 4.60. The standard InChI is InChI=1S/C22H20N2O3S/c1-15-18(24-22(27-15)20-10-5-13-28-20)14-21(25)23-11-12-26-19-9-4-7-16-6-2-3-8-17(16)19/h2-10,13H,11-12,14H2,1H3,(H,23,25). The monoisotopic (exact) mass is 392 g/mol. The van der Waals surface area contributed by atoms with E-state index in [4.69, 9.17) is 9.15 Å². The van der Waals surface area contributed by atoms with Crippen LogP contribution in [-0.4, -0.2) is 24.0 Å². The number of benzene rings is 2. The van der Waals surface area contributed by atoms with Crippen LogP contribution in [0.4, 0.5) is 0 Å². The van der Waals surface area contributed by atoms with E-state index in [0.29, 0.717) is 30.5 Å². The van der Waals surface area contributed by atoms with Crippen molar-refractivity contribution in [1.82, 2.24) is 10.3 Å². The van der Waals surface area contributed by atoms with E-state index < -0.39 is 0 Å². The Bertz CT molecular complexity index is 1080. The van der Waals surface area contributed by atoms with Crippen LogP contribution in [0.1, 0.15) is 11.5 Å². The van der Waals surface area contributed by atoms with Crippen LogP contribution in [0.2, 0.25) is 0 Å². The van der Waals surface area contributed by atoms with E-state index in [1.165, 1.54) is 0 Å². The molecule has 0 atom stereocenters. The third-order valence-corrected chi connectivity index (χ3v) is 5.24. The van der Waals surface area contributed by atoms with E-state index in [0.717, 1.165) is 21.4 Å². The van der Waals surface area contributed by atoms with Gasteiger partial charge in [0, 0.05) is 5.39 Å². The lowest BCUT2D eigenvalue weighted by Gasteiger charge is -2.10. The van der Waals surface area contributed by atoms with Crippen LogP contribution < -0.4 is 10.1 Å². The summed E-state index contributed by atoms with van der Waals surface area (Å²) in [4.78, 5) is 17.6. The smallest absolute Gasteiger partial charge is 0.236 e. The van der Waals surface area contributed by atoms with Gasteiger partial charge in [-0.1, -0.05) is 42.5 Å². The summed E-state index contributed by atoms with van der Waals surface area (Å²) in [5.74, 6) is 1.95. The highest BCUT2D eigenvalue weighted by molar-refractivity contribution is 7.13. The molecule has 0 fully saturated rings. The number of fused-ring (bicyclic) bond motifs is 1. The number of aromatic nitrogens is 1. The van der Waals surface area contributed by atoms with Gasteiger partial charge in [-0.15, -0.1) is 11.3 Å². The zero-order valence-electron chi connectivity index (χ0n) is 15.5. The molecule has 5 nitrogen and oxygen atoms in total. The lowest BCUT2D eigenvalue weighted by atomic mass is 10.1. The number of oxazole rings is 1. The average Bonchev–Trinajstić information content (AvgIpc) is 3.36. The molecule has 2 heterocycles. The quantitative estimate of drug-likeness (QED) is 0.467. The number of carbonyl (C=O) groups is 1. The third-order valence-electron chi connectivity index (χ3n) is 4.38. The Hall–Kier alpha value is -3.12. The second kappa shape index (κ2) is 8.27. The summed E-state index contributed by atoms with van der Waals surface area (Å²) in [7, 11) is 0. The summed E-state index contributed by atoms with van der Waals surface area (Å²) in [5.41, 5.74) is 0.663. The maximum absolute atomic E-state index is 12.2. The minimum atomic E-state index is -0.101. The number of aryl methyl sites for hydroxylation is 1. The van der Waals surface area contributed by atoms with Crippen molar-refractivity contribution in [2.75, 3.05) is 13.2 Å². The van der Waals surface area contributed by atoms with Crippen molar-refractivity contribution in [2.24, 2.45) is 0 Å². The molecule has 1 amide bonds. The van der Waals surface area contributed by atoms with E-state index in [1.807, 2.05) is 54.8 Å². The zero-order chi connectivity index (χ0) is 19.3. The fourth-order valence-corrected chi connectivity index (χ4v) is 3.63. The van der Waals surface area contributed by atoms with Crippen molar-refractivity contribution in [2.45, 2.75) is 13.3 Å². The molecule has 0 saturated carbocycles. The minimum absolute atomic E-state index is 0.101. The Balaban J connectivity index is 1.29. The maximum Gasteiger partial charge on any atom is 0.236 e. The molecule has 0 aliphatic rings. The number of ether oxygens (including phenoxy) is 1. The minimum Gasteiger partial charge on any atom is -0.491 e. The van der Waals surface area contributed by atoms with Crippen molar-refractivity contribution in [1.29, 1.82) is 0 Å². The number of amides is 1. The third kappa shape index (κ3) is 4.07. The lowest BCUT2D eigenvalue weighted by molar-refractivity contribution is -0.120. The van der Waals surface area contributed by atoms with Gasteiger partial charge in [0.1, 0.15) is 18.1 Å². The highest BCUT2D eigenvalue weighted by atomic mass is 32.1. The fraction of sp³-hybridized carbons (Fsp3) is 0.182. The average molecular weight is 392 g/mol. The summed E-state index contributed by atoms with van der Waals surface area (Å²) in [6.07, 6.45) is 0.189. The molecule has 0 aliphatic heterocycles. The van der Waals surface area contributed by atoms with Gasteiger partial charge in [0.2, 0.25) is 11.8 Å². The Morgan fingerprint density at radius 2 is 2.00 bits per heavy atom. The molecule has 0 bridgehead atoms. The first-order valence-electron chi connectivity index (χ1n) is 9.08. The molecule has 28 heavy (non-hydrogen) atoms. The van der Waals surface area contributed by atoms with Gasteiger partial charge in [0.25, 0.3) is 0 Å². The fourth-order valence-electron chi connectivity index (χ4n) is 2.99. The van der Waals surface area contributed by atoms with Crippen LogP contribution in [0.3, 0.4) is 0 Å². The summed E-state index contributed by atoms with van der Waals surface area (Å²) in [6, 6.07) is 17.9. The number of rotatable bonds is 7. The first kappa shape index (κ1) is 18.3. The molecule has 0 unspecified atom stereocenters. The van der Waals surface area contributed by atoms with Crippen LogP contribution in [0, 0.1) is 6.92 Å². The van der Waals surface area contributed by atoms with Gasteiger partial charge in [-0.05, 0) is 29.8 Å². The molecule has 0 saturated heterocycles. The first-order valence-corrected chi connectivity index (χ1v) is 9.96. The van der Waals surface area contributed by atoms with Crippen LogP contribution in [0.25, 0.3) is 21.5 Å². The number of hydrogen-bond acceptors (Lipinski definition) is 5. The second-order valence-corrected chi connectivity index (χ2v) is 7.30. The Morgan fingerprint density at radius 3 is 2.86 bits per heavy atom. The predicted molar refractivity (Wildman–Crippen MR) is 111 cm³/mol. The summed E-state index contributed by atoms with van der Waals surface area (Å²) >= 11 is 1.56. The molecule has 0 spiro atoms. The zero-order valence-corrected chi connectivity index (χ0v) is 16.3. The van der Waals surface area contributed by atoms with E-state index >= 15 is 0 Å². The van der Waals surface area contributed by atoms with E-state index in [2.05, 4.69) is 22.4 Å². The molecule has 0 aliphatic carbocycles. The highest BCUT2D eigenvalue weighted by Gasteiger charge is 2.15. The van der Waals surface area contributed by atoms with Crippen molar-refractivity contribution >= 4 is 28.0 Å². The van der Waals surface area contributed by atoms with Gasteiger partial charge >= 0.3 is 0 Å². The van der Waals surface area contributed by atoms with Crippen molar-refractivity contribution < 1.29 is 13.9 Å². The molecular formula is C22H20N2O3S. The van der Waals surface area contributed by atoms with E-state index in [9.17, 15) is 4.79 Å². The SMILES string of the molecule is Cc1oc(-c2cccs2)nc1CC(=O)NCCOc1cccc2ccccc12. The largest absolute Gasteiger partial charge is 0.491 e. The molecule has 2 aromatic heterocycles. The topological polar surface area (TPSA) is 64.4 Å². The van der Waals surface area contributed by atoms with Crippen molar-refractivity contribution in [3.63, 3.8) is 0 Å². The van der Waals surface area contributed by atoms with Gasteiger partial charge in [0.05, 0.1) is 23.5 Å². The van der Waals surface area contributed by atoms with Gasteiger partial charge in [0.15, 0.2) is 0 Å². The second-order valence-electron chi connectivity index (χ2n) is 6.35. The number of nitrogens with zero attached hydrogens (tertiary/aromatic N) is 1. The van der Waals surface area contributed by atoms with Crippen molar-refractivity contribution in [3.05, 3.63) is 71.4 Å². The Labute approximate surface area is 167 Å². The molecule has 2 aromatic carbocycles. The van der Waals surface area contributed by atoms with Gasteiger partial charge in [-0.2, -0.15) is 0 Å². The van der Waals surface area contributed by atoms with Crippen LogP contribution in [0.15, 0.2) is 64.4 Å². The summed E-state index contributed by atoms with van der Waals surface area (Å²) < 4.78 is 11.5. The number of nitrogens with one attached hydrogen (secondary N) is 1. The summed E-state index contributed by atoms with van der Waals surface area (Å²) in [6.45, 7) is 2.66. The van der Waals surface area contributed by atoms with Gasteiger partial charge in [-0.3, -0.25) is 4.79 Å². The summed E-state index contributed by atoms with van der Waals surface area (Å²) in [5, 5.41) is 7.04. The molecular weight excluding hydrogens is 372 g/mol. The molecule has 1 N–H and O–H groups in total. The normalized spacial score (nSPS) is 10.9. The Morgan fingerprint density at radius 1 is 1.14 bits per heavy atom. The molecule has 0 radical (unpaired) electrons. The molecule has 4 aromatic rings. The van der Waals surface area contributed by atoms with Gasteiger partial charge in [-0.25, -0.2) is 4.98 Å². The lowest BCUT2D eigenvalue weighted by Crippen LogP contribution is -2.29. The molecule has 4 rings (SSSR count).